The monoisotopic (exact) mass is 153 g/mol. The normalized spacial score (nSPS) is 24.3. The average Bonchev–Trinajstić information content (AvgIpc) is 2.63. The number of rotatable bonds is 0. The molecule has 2 aliphatic rings. The molecule has 0 bridgehead atoms. The van der Waals surface area contributed by atoms with Crippen LogP contribution in [0.3, 0.4) is 0 Å². The molecule has 11 heavy (non-hydrogen) atoms. The first-order valence-electron chi connectivity index (χ1n) is 3.84. The molecule has 0 aromatic carbocycles. The summed E-state index contributed by atoms with van der Waals surface area (Å²) in [6.45, 7) is 0.833. The summed E-state index contributed by atoms with van der Waals surface area (Å²) in [5.41, 5.74) is -0.00685. The SMILES string of the molecule is COC(=O)N1CCCC12C=C2. The second kappa shape index (κ2) is 2.00. The van der Waals surface area contributed by atoms with Crippen LogP contribution in [0.15, 0.2) is 12.2 Å². The van der Waals surface area contributed by atoms with Crippen LogP contribution >= 0.6 is 0 Å². The van der Waals surface area contributed by atoms with Crippen LogP contribution < -0.4 is 0 Å². The Hall–Kier alpha value is -0.990. The van der Waals surface area contributed by atoms with Gasteiger partial charge >= 0.3 is 6.09 Å². The van der Waals surface area contributed by atoms with Crippen LogP contribution in [-0.2, 0) is 4.74 Å². The van der Waals surface area contributed by atoms with Crippen molar-refractivity contribution in [2.75, 3.05) is 13.7 Å². The van der Waals surface area contributed by atoms with Gasteiger partial charge in [0.2, 0.25) is 0 Å². The van der Waals surface area contributed by atoms with Gasteiger partial charge in [-0.15, -0.1) is 0 Å². The van der Waals surface area contributed by atoms with E-state index in [0.29, 0.717) is 0 Å². The Morgan fingerprint density at radius 1 is 1.64 bits per heavy atom. The first-order chi connectivity index (χ1) is 5.28. The maximum absolute atomic E-state index is 11.1. The van der Waals surface area contributed by atoms with Gasteiger partial charge in [0, 0.05) is 6.54 Å². The molecule has 1 fully saturated rings. The average molecular weight is 153 g/mol. The predicted octanol–water partition coefficient (Wildman–Crippen LogP) is 1.16. The predicted molar refractivity (Wildman–Crippen MR) is 40.2 cm³/mol. The Morgan fingerprint density at radius 2 is 2.36 bits per heavy atom. The molecule has 1 aliphatic carbocycles. The topological polar surface area (TPSA) is 29.5 Å². The molecule has 1 aliphatic heterocycles. The van der Waals surface area contributed by atoms with E-state index in [-0.39, 0.29) is 11.6 Å². The van der Waals surface area contributed by atoms with Crippen molar-refractivity contribution in [1.29, 1.82) is 0 Å². The molecule has 1 spiro atoms. The third kappa shape index (κ3) is 0.836. The van der Waals surface area contributed by atoms with Crippen LogP contribution in [0, 0.1) is 0 Å². The number of carbonyl (C=O) groups excluding carboxylic acids is 1. The molecule has 0 aromatic rings. The van der Waals surface area contributed by atoms with Gasteiger partial charge in [0.05, 0.1) is 12.6 Å². The maximum atomic E-state index is 11.1. The van der Waals surface area contributed by atoms with Gasteiger partial charge in [-0.25, -0.2) is 4.79 Å². The fourth-order valence-electron chi connectivity index (χ4n) is 1.68. The summed E-state index contributed by atoms with van der Waals surface area (Å²) in [5.74, 6) is 0. The van der Waals surface area contributed by atoms with Crippen molar-refractivity contribution in [3.63, 3.8) is 0 Å². The molecule has 0 saturated carbocycles. The van der Waals surface area contributed by atoms with E-state index in [0.717, 1.165) is 19.4 Å². The van der Waals surface area contributed by atoms with Gasteiger partial charge in [0.25, 0.3) is 0 Å². The highest BCUT2D eigenvalue weighted by molar-refractivity contribution is 5.71. The van der Waals surface area contributed by atoms with Crippen LogP contribution in [0.2, 0.25) is 0 Å². The van der Waals surface area contributed by atoms with Crippen molar-refractivity contribution in [1.82, 2.24) is 4.90 Å². The summed E-state index contributed by atoms with van der Waals surface area (Å²) in [4.78, 5) is 12.9. The number of carbonyl (C=O) groups is 1. The number of methoxy groups -OCH3 is 1. The summed E-state index contributed by atoms with van der Waals surface area (Å²) in [7, 11) is 1.43. The van der Waals surface area contributed by atoms with Gasteiger partial charge < -0.3 is 4.74 Å². The Kier molecular flexibility index (Phi) is 1.22. The van der Waals surface area contributed by atoms with E-state index < -0.39 is 0 Å². The zero-order valence-corrected chi connectivity index (χ0v) is 6.54. The van der Waals surface area contributed by atoms with Crippen LogP contribution in [0.5, 0.6) is 0 Å². The maximum Gasteiger partial charge on any atom is 0.410 e. The largest absolute Gasteiger partial charge is 0.453 e. The lowest BCUT2D eigenvalue weighted by Crippen LogP contribution is -2.37. The molecule has 3 heteroatoms. The van der Waals surface area contributed by atoms with E-state index in [1.165, 1.54) is 7.11 Å². The fraction of sp³-hybridized carbons (Fsp3) is 0.625. The highest BCUT2D eigenvalue weighted by atomic mass is 16.5. The number of hydrogen-bond donors (Lipinski definition) is 0. The van der Waals surface area contributed by atoms with Crippen molar-refractivity contribution in [2.24, 2.45) is 0 Å². The Bertz CT molecular complexity index is 216. The fourth-order valence-corrected chi connectivity index (χ4v) is 1.68. The van der Waals surface area contributed by atoms with E-state index in [9.17, 15) is 4.79 Å². The van der Waals surface area contributed by atoms with Crippen LogP contribution in [0.4, 0.5) is 4.79 Å². The van der Waals surface area contributed by atoms with Crippen LogP contribution in [0.25, 0.3) is 0 Å². The molecular weight excluding hydrogens is 142 g/mol. The molecule has 0 aromatic heterocycles. The molecule has 1 amide bonds. The zero-order valence-electron chi connectivity index (χ0n) is 6.54. The van der Waals surface area contributed by atoms with Gasteiger partial charge in [-0.05, 0) is 12.8 Å². The van der Waals surface area contributed by atoms with Crippen molar-refractivity contribution < 1.29 is 9.53 Å². The lowest BCUT2D eigenvalue weighted by molar-refractivity contribution is 0.119. The molecule has 60 valence electrons. The molecule has 1 saturated heterocycles. The first-order valence-corrected chi connectivity index (χ1v) is 3.84. The van der Waals surface area contributed by atoms with E-state index in [1.807, 2.05) is 0 Å². The summed E-state index contributed by atoms with van der Waals surface area (Å²) < 4.78 is 4.66. The zero-order chi connectivity index (χ0) is 7.90. The lowest BCUT2D eigenvalue weighted by atomic mass is 10.2. The van der Waals surface area contributed by atoms with Crippen LogP contribution in [-0.4, -0.2) is 30.2 Å². The van der Waals surface area contributed by atoms with Gasteiger partial charge in [0.15, 0.2) is 0 Å². The van der Waals surface area contributed by atoms with Gasteiger partial charge in [-0.2, -0.15) is 0 Å². The second-order valence-corrected chi connectivity index (χ2v) is 3.05. The van der Waals surface area contributed by atoms with Gasteiger partial charge in [0.1, 0.15) is 0 Å². The summed E-state index contributed by atoms with van der Waals surface area (Å²) >= 11 is 0. The van der Waals surface area contributed by atoms with Crippen molar-refractivity contribution >= 4 is 6.09 Å². The molecule has 0 radical (unpaired) electrons. The molecule has 3 nitrogen and oxygen atoms in total. The Balaban J connectivity index is 2.08. The quantitative estimate of drug-likeness (QED) is 0.489. The van der Waals surface area contributed by atoms with E-state index in [4.69, 9.17) is 0 Å². The van der Waals surface area contributed by atoms with Crippen molar-refractivity contribution in [3.05, 3.63) is 12.2 Å². The Labute approximate surface area is 65.6 Å². The number of likely N-dealkylation sites (tertiary alicyclic amines) is 1. The molecule has 0 unspecified atom stereocenters. The van der Waals surface area contributed by atoms with E-state index >= 15 is 0 Å². The summed E-state index contributed by atoms with van der Waals surface area (Å²) in [6, 6.07) is 0. The van der Waals surface area contributed by atoms with E-state index in [1.54, 1.807) is 4.90 Å². The third-order valence-corrected chi connectivity index (χ3v) is 2.41. The number of hydrogen-bond acceptors (Lipinski definition) is 2. The molecule has 0 atom stereocenters. The summed E-state index contributed by atoms with van der Waals surface area (Å²) in [5, 5.41) is 0. The van der Waals surface area contributed by atoms with Crippen LogP contribution in [0.1, 0.15) is 12.8 Å². The third-order valence-electron chi connectivity index (χ3n) is 2.41. The minimum Gasteiger partial charge on any atom is -0.453 e. The minimum atomic E-state index is -0.201. The molecule has 1 heterocycles. The van der Waals surface area contributed by atoms with Crippen molar-refractivity contribution in [2.45, 2.75) is 18.4 Å². The first kappa shape index (κ1) is 6.70. The lowest BCUT2D eigenvalue weighted by Gasteiger charge is -2.22. The second-order valence-electron chi connectivity index (χ2n) is 3.05. The number of nitrogens with zero attached hydrogens (tertiary/aromatic N) is 1. The molecular formula is C8H11NO2. The number of ether oxygens (including phenoxy) is 1. The number of amides is 1. The molecule has 0 N–H and O–H groups in total. The highest BCUT2D eigenvalue weighted by Gasteiger charge is 2.47. The van der Waals surface area contributed by atoms with E-state index in [2.05, 4.69) is 16.9 Å². The highest BCUT2D eigenvalue weighted by Crippen LogP contribution is 2.41. The smallest absolute Gasteiger partial charge is 0.410 e. The Morgan fingerprint density at radius 3 is 2.91 bits per heavy atom. The van der Waals surface area contributed by atoms with Gasteiger partial charge in [-0.3, -0.25) is 4.90 Å². The molecule has 2 rings (SSSR count). The summed E-state index contributed by atoms with van der Waals surface area (Å²) in [6.07, 6.45) is 6.09. The standard InChI is InChI=1S/C8H11NO2/c1-11-7(10)9-6-2-3-8(9)4-5-8/h4-5H,2-3,6H2,1H3. The van der Waals surface area contributed by atoms with Crippen molar-refractivity contribution in [3.8, 4) is 0 Å². The van der Waals surface area contributed by atoms with Gasteiger partial charge in [-0.1, -0.05) is 12.2 Å². The minimum absolute atomic E-state index is 0.00685.